The lowest BCUT2D eigenvalue weighted by Gasteiger charge is -2.26. The van der Waals surface area contributed by atoms with Crippen LogP contribution in [-0.4, -0.2) is 0 Å². The standard InChI is InChI=1S/C44H29NO/c1-2-10-30(11-3-1)31-20-25-35(26-21-31)45(36-27-22-34(23-28-36)38-17-8-14-32-12-4-6-15-37(32)38)41-18-9-19-42-43(41)40-29-24-33-13-5-7-16-39(33)44(40)46-42/h1-29H/i1D,2D,3D,10D,11D,20D,21D,22D,23D,25D,26D,27D,28D. The van der Waals surface area contributed by atoms with E-state index < -0.39 is 95.4 Å². The van der Waals surface area contributed by atoms with Gasteiger partial charge in [-0.05, 0) is 80.8 Å². The summed E-state index contributed by atoms with van der Waals surface area (Å²) in [5.74, 6) is 0. The molecule has 1 heterocycles. The van der Waals surface area contributed by atoms with Gasteiger partial charge in [-0.25, -0.2) is 0 Å². The number of rotatable bonds is 5. The second-order valence-corrected chi connectivity index (χ2v) is 10.7. The number of furan rings is 1. The van der Waals surface area contributed by atoms with Crippen molar-refractivity contribution in [3.63, 3.8) is 0 Å². The molecule has 0 saturated heterocycles. The Hall–Kier alpha value is -6.12. The van der Waals surface area contributed by atoms with Crippen molar-refractivity contribution in [1.29, 1.82) is 0 Å². The molecular formula is C44H29NO. The summed E-state index contributed by atoms with van der Waals surface area (Å²) < 4.78 is 124. The third-order valence-electron chi connectivity index (χ3n) is 8.09. The summed E-state index contributed by atoms with van der Waals surface area (Å²) in [6, 6.07) is 20.6. The average Bonchev–Trinajstić information content (AvgIpc) is 3.64. The van der Waals surface area contributed by atoms with Gasteiger partial charge in [0.15, 0.2) is 0 Å². The van der Waals surface area contributed by atoms with E-state index in [1.807, 2.05) is 66.7 Å². The molecule has 0 bridgehead atoms. The van der Waals surface area contributed by atoms with Crippen LogP contribution in [0.2, 0.25) is 0 Å². The average molecular weight is 601 g/mol. The molecule has 46 heavy (non-hydrogen) atoms. The largest absolute Gasteiger partial charge is 0.455 e. The molecule has 216 valence electrons. The number of hydrogen-bond acceptors (Lipinski definition) is 2. The molecule has 8 aromatic carbocycles. The second-order valence-electron chi connectivity index (χ2n) is 10.7. The minimum absolute atomic E-state index is 0.0232. The Labute approximate surface area is 285 Å². The van der Waals surface area contributed by atoms with Gasteiger partial charge in [-0.2, -0.15) is 0 Å². The van der Waals surface area contributed by atoms with Crippen molar-refractivity contribution in [3.8, 4) is 22.3 Å². The van der Waals surface area contributed by atoms with Gasteiger partial charge < -0.3 is 9.32 Å². The molecule has 0 amide bonds. The Morgan fingerprint density at radius 3 is 1.83 bits per heavy atom. The molecule has 0 N–H and O–H groups in total. The summed E-state index contributed by atoms with van der Waals surface area (Å²) >= 11 is 0. The van der Waals surface area contributed by atoms with Gasteiger partial charge in [-0.15, -0.1) is 0 Å². The number of benzene rings is 8. The van der Waals surface area contributed by atoms with Gasteiger partial charge in [0.2, 0.25) is 0 Å². The molecular weight excluding hydrogens is 558 g/mol. The Balaban J connectivity index is 1.41. The Morgan fingerprint density at radius 1 is 0.457 bits per heavy atom. The van der Waals surface area contributed by atoms with Crippen LogP contribution in [0.5, 0.6) is 0 Å². The fourth-order valence-corrected chi connectivity index (χ4v) is 5.99. The number of anilines is 3. The zero-order valence-corrected chi connectivity index (χ0v) is 24.1. The highest BCUT2D eigenvalue weighted by atomic mass is 16.3. The zero-order valence-electron chi connectivity index (χ0n) is 37.1. The molecule has 0 aliphatic heterocycles. The van der Waals surface area contributed by atoms with Gasteiger partial charge in [0, 0.05) is 22.1 Å². The topological polar surface area (TPSA) is 16.4 Å². The summed E-state index contributed by atoms with van der Waals surface area (Å²) in [7, 11) is 0. The summed E-state index contributed by atoms with van der Waals surface area (Å²) in [6.45, 7) is 0. The molecule has 2 nitrogen and oxygen atoms in total. The van der Waals surface area contributed by atoms with E-state index >= 15 is 0 Å². The lowest BCUT2D eigenvalue weighted by atomic mass is 9.98. The van der Waals surface area contributed by atoms with E-state index in [0.29, 0.717) is 32.9 Å². The van der Waals surface area contributed by atoms with Crippen molar-refractivity contribution in [3.05, 3.63) is 176 Å². The van der Waals surface area contributed by atoms with Crippen LogP contribution < -0.4 is 4.90 Å². The maximum absolute atomic E-state index is 9.57. The summed E-state index contributed by atoms with van der Waals surface area (Å²) in [4.78, 5) is 1.19. The zero-order chi connectivity index (χ0) is 41.8. The first-order valence-electron chi connectivity index (χ1n) is 21.1. The molecule has 9 rings (SSSR count). The van der Waals surface area contributed by atoms with Crippen LogP contribution in [0.25, 0.3) is 65.7 Å². The second kappa shape index (κ2) is 10.8. The van der Waals surface area contributed by atoms with Crippen molar-refractivity contribution in [2.75, 3.05) is 4.90 Å². The van der Waals surface area contributed by atoms with Crippen molar-refractivity contribution in [1.82, 2.24) is 0 Å². The number of fused-ring (bicyclic) bond motifs is 6. The molecule has 9 aromatic rings. The SMILES string of the molecule is [2H]c1c([2H])c([2H])c(-c2c([2H])c([2H])c(N(c3c([2H])c([2H])c(-c4cccc5ccccc45)c([2H])c3[2H])c3cccc4oc5c6ccccc6ccc5c34)c([2H])c2[2H])c([2H])c1[2H]. The molecule has 0 aliphatic rings. The van der Waals surface area contributed by atoms with Crippen molar-refractivity contribution in [2.45, 2.75) is 0 Å². The summed E-state index contributed by atoms with van der Waals surface area (Å²) in [5, 5.41) is 4.22. The number of hydrogen-bond donors (Lipinski definition) is 0. The summed E-state index contributed by atoms with van der Waals surface area (Å²) in [5.41, 5.74) is -0.392. The molecule has 0 atom stereocenters. The third-order valence-corrected chi connectivity index (χ3v) is 8.09. The van der Waals surface area contributed by atoms with Gasteiger partial charge >= 0.3 is 0 Å². The van der Waals surface area contributed by atoms with E-state index in [-0.39, 0.29) is 16.9 Å². The fraction of sp³-hybridized carbons (Fsp3) is 0. The molecule has 0 fully saturated rings. The van der Waals surface area contributed by atoms with Gasteiger partial charge in [0.1, 0.15) is 11.2 Å². The van der Waals surface area contributed by atoms with Crippen LogP contribution in [0, 0.1) is 0 Å². The quantitative estimate of drug-likeness (QED) is 0.195. The molecule has 0 saturated carbocycles. The first-order valence-corrected chi connectivity index (χ1v) is 14.6. The van der Waals surface area contributed by atoms with Gasteiger partial charge in [-0.3, -0.25) is 0 Å². The van der Waals surface area contributed by atoms with E-state index in [1.54, 1.807) is 30.3 Å². The first-order chi connectivity index (χ1) is 28.2. The predicted molar refractivity (Wildman–Crippen MR) is 194 cm³/mol. The van der Waals surface area contributed by atoms with Crippen molar-refractivity contribution < 1.29 is 22.2 Å². The van der Waals surface area contributed by atoms with Crippen molar-refractivity contribution >= 4 is 60.5 Å². The highest BCUT2D eigenvalue weighted by Crippen LogP contribution is 2.45. The van der Waals surface area contributed by atoms with Crippen LogP contribution in [0.4, 0.5) is 17.1 Å². The predicted octanol–water partition coefficient (Wildman–Crippen LogP) is 12.7. The van der Waals surface area contributed by atoms with Gasteiger partial charge in [0.25, 0.3) is 0 Å². The molecule has 0 spiro atoms. The normalized spacial score (nSPS) is 15.4. The monoisotopic (exact) mass is 600 g/mol. The maximum atomic E-state index is 9.57. The van der Waals surface area contributed by atoms with E-state index in [0.717, 1.165) is 16.2 Å². The van der Waals surface area contributed by atoms with Crippen molar-refractivity contribution in [2.24, 2.45) is 0 Å². The van der Waals surface area contributed by atoms with E-state index in [2.05, 4.69) is 0 Å². The van der Waals surface area contributed by atoms with Crippen LogP contribution in [0.15, 0.2) is 180 Å². The Bertz CT molecular complexity index is 3190. The minimum Gasteiger partial charge on any atom is -0.455 e. The maximum Gasteiger partial charge on any atom is 0.143 e. The van der Waals surface area contributed by atoms with Gasteiger partial charge in [-0.1, -0.05) is 133 Å². The van der Waals surface area contributed by atoms with Gasteiger partial charge in [0.05, 0.1) is 28.9 Å². The Kier molecular flexibility index (Phi) is 3.82. The number of nitrogens with zero attached hydrogens (tertiary/aromatic N) is 1. The van der Waals surface area contributed by atoms with E-state index in [9.17, 15) is 11.0 Å². The van der Waals surface area contributed by atoms with Crippen LogP contribution >= 0.6 is 0 Å². The molecule has 0 radical (unpaired) electrons. The molecule has 0 unspecified atom stereocenters. The fourth-order valence-electron chi connectivity index (χ4n) is 5.99. The highest BCUT2D eigenvalue weighted by Gasteiger charge is 2.20. The highest BCUT2D eigenvalue weighted by molar-refractivity contribution is 6.19. The molecule has 2 heteroatoms. The lowest BCUT2D eigenvalue weighted by Crippen LogP contribution is -2.10. The minimum atomic E-state index is -0.748. The first kappa shape index (κ1) is 16.3. The van der Waals surface area contributed by atoms with Crippen LogP contribution in [0.1, 0.15) is 17.8 Å². The van der Waals surface area contributed by atoms with Crippen LogP contribution in [-0.2, 0) is 0 Å². The Morgan fingerprint density at radius 2 is 1.07 bits per heavy atom. The third kappa shape index (κ3) is 4.35. The molecule has 1 aromatic heterocycles. The molecule has 0 aliphatic carbocycles. The van der Waals surface area contributed by atoms with E-state index in [1.165, 1.54) is 4.90 Å². The summed E-state index contributed by atoms with van der Waals surface area (Å²) in [6.07, 6.45) is 0. The van der Waals surface area contributed by atoms with E-state index in [4.69, 9.17) is 11.3 Å². The smallest absolute Gasteiger partial charge is 0.143 e. The van der Waals surface area contributed by atoms with Crippen LogP contribution in [0.3, 0.4) is 0 Å². The lowest BCUT2D eigenvalue weighted by molar-refractivity contribution is 0.672.